The molecule has 3 nitrogen and oxygen atoms in total. The number of benzene rings is 1. The molecule has 0 spiro atoms. The normalized spacial score (nSPS) is 18.6. The Labute approximate surface area is 106 Å². The number of hydrogen-bond donors (Lipinski definition) is 1. The van der Waals surface area contributed by atoms with Gasteiger partial charge in [0.1, 0.15) is 18.2 Å². The summed E-state index contributed by atoms with van der Waals surface area (Å²) in [5.74, 6) is 0.0460. The third kappa shape index (κ3) is 2.79. The van der Waals surface area contributed by atoms with E-state index in [0.29, 0.717) is 11.3 Å². The molecule has 18 heavy (non-hydrogen) atoms. The Kier molecular flexibility index (Phi) is 4.49. The van der Waals surface area contributed by atoms with Gasteiger partial charge in [0.15, 0.2) is 0 Å². The molecule has 0 radical (unpaired) electrons. The van der Waals surface area contributed by atoms with Crippen LogP contribution in [0.1, 0.15) is 11.6 Å². The van der Waals surface area contributed by atoms with Crippen molar-refractivity contribution in [1.82, 2.24) is 10.2 Å². The number of nitrogens with zero attached hydrogens (tertiary/aromatic N) is 1. The number of ether oxygens (including phenoxy) is 1. The molecule has 1 aromatic rings. The van der Waals surface area contributed by atoms with Crippen molar-refractivity contribution in [3.8, 4) is 5.75 Å². The summed E-state index contributed by atoms with van der Waals surface area (Å²) in [4.78, 5) is 2.06. The first-order valence-electron chi connectivity index (χ1n) is 6.10. The van der Waals surface area contributed by atoms with Crippen molar-refractivity contribution in [3.63, 3.8) is 0 Å². The summed E-state index contributed by atoms with van der Waals surface area (Å²) in [6, 6.07) is 3.91. The van der Waals surface area contributed by atoms with Crippen molar-refractivity contribution < 1.29 is 13.5 Å². The molecule has 0 aromatic heterocycles. The highest BCUT2D eigenvalue weighted by molar-refractivity contribution is 5.36. The van der Waals surface area contributed by atoms with Crippen LogP contribution in [0.25, 0.3) is 0 Å². The van der Waals surface area contributed by atoms with E-state index in [1.54, 1.807) is 6.07 Å². The number of piperazine rings is 1. The van der Waals surface area contributed by atoms with Gasteiger partial charge in [-0.2, -0.15) is 0 Å². The predicted octanol–water partition coefficient (Wildman–Crippen LogP) is 1.75. The Hall–Kier alpha value is -1.20. The zero-order valence-electron chi connectivity index (χ0n) is 10.5. The molecule has 100 valence electrons. The average molecular weight is 256 g/mol. The van der Waals surface area contributed by atoms with Crippen LogP contribution < -0.4 is 10.1 Å². The SMILES string of the molecule is COc1cc(F)ccc1[C@@H](CF)N1CCNCC1. The maximum atomic E-state index is 13.3. The molecule has 1 N–H and O–H groups in total. The monoisotopic (exact) mass is 256 g/mol. The highest BCUT2D eigenvalue weighted by Crippen LogP contribution is 2.30. The largest absolute Gasteiger partial charge is 0.496 e. The van der Waals surface area contributed by atoms with Gasteiger partial charge < -0.3 is 10.1 Å². The zero-order valence-corrected chi connectivity index (χ0v) is 10.5. The lowest BCUT2D eigenvalue weighted by Gasteiger charge is -2.34. The topological polar surface area (TPSA) is 24.5 Å². The van der Waals surface area contributed by atoms with Crippen LogP contribution in [-0.4, -0.2) is 44.9 Å². The molecule has 1 atom stereocenters. The summed E-state index contributed by atoms with van der Waals surface area (Å²) >= 11 is 0. The van der Waals surface area contributed by atoms with E-state index < -0.39 is 6.67 Å². The molecule has 0 unspecified atom stereocenters. The van der Waals surface area contributed by atoms with Gasteiger partial charge in [0.05, 0.1) is 13.2 Å². The van der Waals surface area contributed by atoms with Gasteiger partial charge in [0.25, 0.3) is 0 Å². The van der Waals surface area contributed by atoms with Gasteiger partial charge in [0.2, 0.25) is 0 Å². The van der Waals surface area contributed by atoms with E-state index >= 15 is 0 Å². The fourth-order valence-electron chi connectivity index (χ4n) is 2.33. The summed E-state index contributed by atoms with van der Waals surface area (Å²) < 4.78 is 31.6. The van der Waals surface area contributed by atoms with E-state index in [1.165, 1.54) is 19.2 Å². The van der Waals surface area contributed by atoms with E-state index in [-0.39, 0.29) is 11.9 Å². The Morgan fingerprint density at radius 2 is 2.11 bits per heavy atom. The van der Waals surface area contributed by atoms with Crippen LogP contribution in [-0.2, 0) is 0 Å². The van der Waals surface area contributed by atoms with E-state index in [9.17, 15) is 8.78 Å². The number of methoxy groups -OCH3 is 1. The molecular weight excluding hydrogens is 238 g/mol. The van der Waals surface area contributed by atoms with E-state index in [1.807, 2.05) is 0 Å². The molecule has 1 heterocycles. The number of rotatable bonds is 4. The van der Waals surface area contributed by atoms with Crippen LogP contribution in [0.5, 0.6) is 5.75 Å². The average Bonchev–Trinajstić information content (AvgIpc) is 2.42. The Morgan fingerprint density at radius 1 is 1.39 bits per heavy atom. The van der Waals surface area contributed by atoms with Crippen molar-refractivity contribution in [2.75, 3.05) is 40.0 Å². The van der Waals surface area contributed by atoms with Crippen molar-refractivity contribution in [2.24, 2.45) is 0 Å². The molecule has 0 bridgehead atoms. The lowest BCUT2D eigenvalue weighted by molar-refractivity contribution is 0.145. The second-order valence-corrected chi connectivity index (χ2v) is 4.34. The molecular formula is C13H18F2N2O. The predicted molar refractivity (Wildman–Crippen MR) is 66.1 cm³/mol. The standard InChI is InChI=1S/C13H18F2N2O/c1-18-13-8-10(15)2-3-11(13)12(9-14)17-6-4-16-5-7-17/h2-3,8,12,16H,4-7,9H2,1H3/t12-/m1/s1. The first-order valence-corrected chi connectivity index (χ1v) is 6.10. The maximum Gasteiger partial charge on any atom is 0.126 e. The fraction of sp³-hybridized carbons (Fsp3) is 0.538. The smallest absolute Gasteiger partial charge is 0.126 e. The van der Waals surface area contributed by atoms with Gasteiger partial charge in [-0.3, -0.25) is 4.90 Å². The minimum absolute atomic E-state index is 0.359. The highest BCUT2D eigenvalue weighted by atomic mass is 19.1. The summed E-state index contributed by atoms with van der Waals surface area (Å²) in [6.07, 6.45) is 0. The molecule has 1 aromatic carbocycles. The second kappa shape index (κ2) is 6.11. The quantitative estimate of drug-likeness (QED) is 0.888. The van der Waals surface area contributed by atoms with Gasteiger partial charge in [0, 0.05) is 37.8 Å². The van der Waals surface area contributed by atoms with Gasteiger partial charge in [-0.25, -0.2) is 8.78 Å². The van der Waals surface area contributed by atoms with Crippen molar-refractivity contribution in [1.29, 1.82) is 0 Å². The molecule has 0 aliphatic carbocycles. The van der Waals surface area contributed by atoms with E-state index in [0.717, 1.165) is 26.2 Å². The number of halogens is 2. The molecule has 0 saturated carbocycles. The maximum absolute atomic E-state index is 13.3. The van der Waals surface area contributed by atoms with Crippen LogP contribution in [0, 0.1) is 5.82 Å². The van der Waals surface area contributed by atoms with Crippen molar-refractivity contribution in [3.05, 3.63) is 29.6 Å². The lowest BCUT2D eigenvalue weighted by Crippen LogP contribution is -2.45. The molecule has 2 rings (SSSR count). The first-order chi connectivity index (χ1) is 8.76. The summed E-state index contributed by atoms with van der Waals surface area (Å²) in [5.41, 5.74) is 0.711. The van der Waals surface area contributed by atoms with Crippen molar-refractivity contribution in [2.45, 2.75) is 6.04 Å². The third-order valence-corrected chi connectivity index (χ3v) is 3.29. The van der Waals surface area contributed by atoms with Gasteiger partial charge in [-0.05, 0) is 6.07 Å². The van der Waals surface area contributed by atoms with Gasteiger partial charge in [-0.1, -0.05) is 6.07 Å². The van der Waals surface area contributed by atoms with Gasteiger partial charge in [-0.15, -0.1) is 0 Å². The van der Waals surface area contributed by atoms with Crippen LogP contribution in [0.4, 0.5) is 8.78 Å². The Balaban J connectivity index is 2.25. The Morgan fingerprint density at radius 3 is 2.72 bits per heavy atom. The van der Waals surface area contributed by atoms with Gasteiger partial charge >= 0.3 is 0 Å². The molecule has 1 fully saturated rings. The summed E-state index contributed by atoms with van der Waals surface area (Å²) in [5, 5.41) is 3.23. The number of nitrogens with one attached hydrogen (secondary N) is 1. The minimum Gasteiger partial charge on any atom is -0.496 e. The van der Waals surface area contributed by atoms with Crippen LogP contribution in [0.2, 0.25) is 0 Å². The highest BCUT2D eigenvalue weighted by Gasteiger charge is 2.24. The van der Waals surface area contributed by atoms with E-state index in [4.69, 9.17) is 4.74 Å². The van der Waals surface area contributed by atoms with Crippen molar-refractivity contribution >= 4 is 0 Å². The molecule has 1 aliphatic rings. The molecule has 1 aliphatic heterocycles. The third-order valence-electron chi connectivity index (χ3n) is 3.29. The molecule has 1 saturated heterocycles. The van der Waals surface area contributed by atoms with Crippen LogP contribution in [0.3, 0.4) is 0 Å². The zero-order chi connectivity index (χ0) is 13.0. The van der Waals surface area contributed by atoms with E-state index in [2.05, 4.69) is 10.2 Å². The fourth-order valence-corrected chi connectivity index (χ4v) is 2.33. The Bertz CT molecular complexity index is 395. The second-order valence-electron chi connectivity index (χ2n) is 4.34. The molecule has 5 heteroatoms. The summed E-state index contributed by atoms with van der Waals surface area (Å²) in [6.45, 7) is 2.77. The number of hydrogen-bond acceptors (Lipinski definition) is 3. The number of alkyl halides is 1. The van der Waals surface area contributed by atoms with Crippen LogP contribution >= 0.6 is 0 Å². The van der Waals surface area contributed by atoms with Crippen LogP contribution in [0.15, 0.2) is 18.2 Å². The summed E-state index contributed by atoms with van der Waals surface area (Å²) in [7, 11) is 1.48. The lowest BCUT2D eigenvalue weighted by atomic mass is 10.0. The molecule has 0 amide bonds. The first kappa shape index (κ1) is 13.2. The minimum atomic E-state index is -0.498.